The molecule has 0 saturated heterocycles. The first-order chi connectivity index (χ1) is 8.17. The molecule has 0 aromatic heterocycles. The second kappa shape index (κ2) is 7.17. The highest BCUT2D eigenvalue weighted by molar-refractivity contribution is 5.78. The summed E-state index contributed by atoms with van der Waals surface area (Å²) >= 11 is 0. The van der Waals surface area contributed by atoms with Gasteiger partial charge < -0.3 is 4.74 Å². The van der Waals surface area contributed by atoms with E-state index in [0.717, 1.165) is 5.56 Å². The zero-order chi connectivity index (χ0) is 12.7. The Bertz CT molecular complexity index is 363. The molecule has 0 fully saturated rings. The number of Topliss-reactive ketones (excluding diaryl/α,β-unsaturated/α-hetero) is 1. The summed E-state index contributed by atoms with van der Waals surface area (Å²) in [6.45, 7) is 4.05. The van der Waals surface area contributed by atoms with E-state index in [9.17, 15) is 9.18 Å². The number of ketones is 1. The largest absolute Gasteiger partial charge is 0.381 e. The van der Waals surface area contributed by atoms with Crippen molar-refractivity contribution in [3.63, 3.8) is 0 Å². The molecule has 94 valence electrons. The van der Waals surface area contributed by atoms with Crippen LogP contribution in [0, 0.1) is 5.92 Å². The van der Waals surface area contributed by atoms with Crippen molar-refractivity contribution in [2.24, 2.45) is 5.92 Å². The predicted octanol–water partition coefficient (Wildman–Crippen LogP) is 2.94. The van der Waals surface area contributed by atoms with Crippen LogP contribution in [0.1, 0.15) is 25.0 Å². The van der Waals surface area contributed by atoms with Gasteiger partial charge in [-0.25, -0.2) is 4.39 Å². The van der Waals surface area contributed by atoms with Crippen molar-refractivity contribution in [2.75, 3.05) is 13.2 Å². The molecule has 0 spiro atoms. The SMILES string of the molecule is CCOCC(Cc1cccc(CF)c1)C(C)=O. The molecule has 0 aliphatic carbocycles. The van der Waals surface area contributed by atoms with Gasteiger partial charge in [-0.05, 0) is 31.4 Å². The minimum atomic E-state index is -0.468. The Morgan fingerprint density at radius 2 is 2.12 bits per heavy atom. The van der Waals surface area contributed by atoms with Gasteiger partial charge in [0, 0.05) is 12.5 Å². The fraction of sp³-hybridized carbons (Fsp3) is 0.500. The van der Waals surface area contributed by atoms with E-state index in [1.165, 1.54) is 0 Å². The van der Waals surface area contributed by atoms with Gasteiger partial charge in [-0.2, -0.15) is 0 Å². The average Bonchev–Trinajstić information content (AvgIpc) is 2.34. The van der Waals surface area contributed by atoms with Crippen LogP contribution in [0.25, 0.3) is 0 Å². The number of alkyl halides is 1. The van der Waals surface area contributed by atoms with E-state index < -0.39 is 6.67 Å². The van der Waals surface area contributed by atoms with Crippen molar-refractivity contribution in [1.82, 2.24) is 0 Å². The second-order valence-electron chi connectivity index (χ2n) is 4.12. The lowest BCUT2D eigenvalue weighted by atomic mass is 9.96. The Hall–Kier alpha value is -1.22. The van der Waals surface area contributed by atoms with Crippen LogP contribution in [0.15, 0.2) is 24.3 Å². The summed E-state index contributed by atoms with van der Waals surface area (Å²) in [5.41, 5.74) is 1.64. The molecule has 0 bridgehead atoms. The Kier molecular flexibility index (Phi) is 5.84. The van der Waals surface area contributed by atoms with Crippen LogP contribution in [0.5, 0.6) is 0 Å². The van der Waals surface area contributed by atoms with Crippen molar-refractivity contribution in [3.05, 3.63) is 35.4 Å². The molecule has 2 nitrogen and oxygen atoms in total. The molecule has 0 heterocycles. The molecule has 0 aliphatic heterocycles. The van der Waals surface area contributed by atoms with Crippen LogP contribution >= 0.6 is 0 Å². The minimum absolute atomic E-state index is 0.115. The molecule has 0 saturated carbocycles. The smallest absolute Gasteiger partial charge is 0.135 e. The molecule has 1 rings (SSSR count). The zero-order valence-corrected chi connectivity index (χ0v) is 10.4. The summed E-state index contributed by atoms with van der Waals surface area (Å²) in [5.74, 6) is -0.0195. The molecule has 3 heteroatoms. The van der Waals surface area contributed by atoms with Crippen molar-refractivity contribution < 1.29 is 13.9 Å². The molecule has 1 aromatic carbocycles. The third-order valence-corrected chi connectivity index (χ3v) is 2.73. The normalized spacial score (nSPS) is 12.4. The molecule has 1 atom stereocenters. The summed E-state index contributed by atoms with van der Waals surface area (Å²) < 4.78 is 17.8. The fourth-order valence-corrected chi connectivity index (χ4v) is 1.70. The van der Waals surface area contributed by atoms with Gasteiger partial charge in [0.2, 0.25) is 0 Å². The summed E-state index contributed by atoms with van der Waals surface area (Å²) in [6.07, 6.45) is 0.614. The van der Waals surface area contributed by atoms with E-state index in [1.54, 1.807) is 13.0 Å². The number of ether oxygens (including phenoxy) is 1. The van der Waals surface area contributed by atoms with E-state index in [4.69, 9.17) is 4.74 Å². The summed E-state index contributed by atoms with van der Waals surface area (Å²) in [6, 6.07) is 7.29. The molecular formula is C14H19FO2. The predicted molar refractivity (Wildman–Crippen MR) is 65.6 cm³/mol. The highest BCUT2D eigenvalue weighted by atomic mass is 19.1. The highest BCUT2D eigenvalue weighted by Crippen LogP contribution is 2.13. The van der Waals surface area contributed by atoms with Crippen molar-refractivity contribution >= 4 is 5.78 Å². The van der Waals surface area contributed by atoms with Crippen LogP contribution in [0.4, 0.5) is 4.39 Å². The molecule has 1 unspecified atom stereocenters. The zero-order valence-electron chi connectivity index (χ0n) is 10.4. The lowest BCUT2D eigenvalue weighted by Crippen LogP contribution is -2.20. The van der Waals surface area contributed by atoms with E-state index in [-0.39, 0.29) is 11.7 Å². The van der Waals surface area contributed by atoms with Gasteiger partial charge in [-0.3, -0.25) is 4.79 Å². The highest BCUT2D eigenvalue weighted by Gasteiger charge is 2.15. The molecule has 17 heavy (non-hydrogen) atoms. The Balaban J connectivity index is 2.67. The van der Waals surface area contributed by atoms with Gasteiger partial charge in [-0.1, -0.05) is 24.3 Å². The number of carbonyl (C=O) groups is 1. The number of hydrogen-bond donors (Lipinski definition) is 0. The van der Waals surface area contributed by atoms with Crippen LogP contribution in [-0.4, -0.2) is 19.0 Å². The van der Waals surface area contributed by atoms with Gasteiger partial charge >= 0.3 is 0 Å². The Labute approximate surface area is 102 Å². The first kappa shape index (κ1) is 13.8. The maximum atomic E-state index is 12.5. The van der Waals surface area contributed by atoms with Crippen molar-refractivity contribution in [1.29, 1.82) is 0 Å². The number of halogens is 1. The summed E-state index contributed by atoms with van der Waals surface area (Å²) in [5, 5.41) is 0. The molecule has 1 aromatic rings. The third kappa shape index (κ3) is 4.65. The maximum Gasteiger partial charge on any atom is 0.135 e. The van der Waals surface area contributed by atoms with Gasteiger partial charge in [0.1, 0.15) is 12.5 Å². The van der Waals surface area contributed by atoms with Gasteiger partial charge in [0.05, 0.1) is 6.61 Å². The maximum absolute atomic E-state index is 12.5. The lowest BCUT2D eigenvalue weighted by molar-refractivity contribution is -0.122. The molecular weight excluding hydrogens is 219 g/mol. The molecule has 0 aliphatic rings. The number of carbonyl (C=O) groups excluding carboxylic acids is 1. The number of hydrogen-bond acceptors (Lipinski definition) is 2. The van der Waals surface area contributed by atoms with E-state index in [0.29, 0.717) is 25.2 Å². The van der Waals surface area contributed by atoms with Crippen LogP contribution < -0.4 is 0 Å². The standard InChI is InChI=1S/C14H19FO2/c1-3-17-10-14(11(2)16)8-12-5-4-6-13(7-12)9-15/h4-7,14H,3,8-10H2,1-2H3. The van der Waals surface area contributed by atoms with Crippen LogP contribution in [-0.2, 0) is 22.6 Å². The van der Waals surface area contributed by atoms with Gasteiger partial charge in [-0.15, -0.1) is 0 Å². The van der Waals surface area contributed by atoms with Gasteiger partial charge in [0.25, 0.3) is 0 Å². The average molecular weight is 238 g/mol. The van der Waals surface area contributed by atoms with Crippen LogP contribution in [0.3, 0.4) is 0 Å². The summed E-state index contributed by atoms with van der Waals surface area (Å²) in [4.78, 5) is 11.5. The Morgan fingerprint density at radius 1 is 1.41 bits per heavy atom. The number of rotatable bonds is 7. The molecule has 0 amide bonds. The quantitative estimate of drug-likeness (QED) is 0.730. The van der Waals surface area contributed by atoms with Crippen molar-refractivity contribution in [2.45, 2.75) is 26.9 Å². The number of benzene rings is 1. The topological polar surface area (TPSA) is 26.3 Å². The lowest BCUT2D eigenvalue weighted by Gasteiger charge is -2.14. The minimum Gasteiger partial charge on any atom is -0.381 e. The van der Waals surface area contributed by atoms with Crippen LogP contribution in [0.2, 0.25) is 0 Å². The molecule has 0 radical (unpaired) electrons. The fourth-order valence-electron chi connectivity index (χ4n) is 1.70. The third-order valence-electron chi connectivity index (χ3n) is 2.73. The summed E-state index contributed by atoms with van der Waals surface area (Å²) in [7, 11) is 0. The van der Waals surface area contributed by atoms with Crippen molar-refractivity contribution in [3.8, 4) is 0 Å². The van der Waals surface area contributed by atoms with E-state index in [1.807, 2.05) is 25.1 Å². The first-order valence-electron chi connectivity index (χ1n) is 5.89. The Morgan fingerprint density at radius 3 is 2.71 bits per heavy atom. The van der Waals surface area contributed by atoms with E-state index in [2.05, 4.69) is 0 Å². The second-order valence-corrected chi connectivity index (χ2v) is 4.12. The van der Waals surface area contributed by atoms with Gasteiger partial charge in [0.15, 0.2) is 0 Å². The van der Waals surface area contributed by atoms with E-state index >= 15 is 0 Å². The first-order valence-corrected chi connectivity index (χ1v) is 5.89. The molecule has 0 N–H and O–H groups in total. The monoisotopic (exact) mass is 238 g/mol.